The molecule has 1 aromatic carbocycles. The lowest BCUT2D eigenvalue weighted by molar-refractivity contribution is 0.0674. The molecule has 2 aromatic rings. The highest BCUT2D eigenvalue weighted by molar-refractivity contribution is 5.98. The van der Waals surface area contributed by atoms with Crippen LogP contribution in [0.3, 0.4) is 0 Å². The summed E-state index contributed by atoms with van der Waals surface area (Å²) in [7, 11) is 0. The normalized spacial score (nSPS) is 25.1. The Hall–Kier alpha value is -2.18. The van der Waals surface area contributed by atoms with E-state index < -0.39 is 0 Å². The summed E-state index contributed by atoms with van der Waals surface area (Å²) >= 11 is 0. The Balaban J connectivity index is 1.04. The van der Waals surface area contributed by atoms with Crippen LogP contribution in [0.25, 0.3) is 0 Å². The van der Waals surface area contributed by atoms with Crippen molar-refractivity contribution in [2.75, 3.05) is 26.2 Å². The van der Waals surface area contributed by atoms with Crippen LogP contribution in [0.5, 0.6) is 0 Å². The Bertz CT molecular complexity index is 998. The summed E-state index contributed by atoms with van der Waals surface area (Å²) in [6.45, 7) is 5.82. The lowest BCUT2D eigenvalue weighted by Crippen LogP contribution is -2.46. The predicted molar refractivity (Wildman–Crippen MR) is 132 cm³/mol. The standard InChI is InChI=1S/C28H38N4O2/c33-28-26-9-8-22(15-23(26)18-32(28)24-7-4-12-29-17-24)20-10-13-31(14-11-20)19-25-16-27(30-34-25)21-5-2-1-3-6-21/h8-9,15-16,20-21,24,29H,1-7,10-14,17-19H2. The molecule has 1 aromatic heterocycles. The number of likely N-dealkylation sites (tertiary alicyclic amines) is 1. The average Bonchev–Trinajstić information content (AvgIpc) is 3.50. The van der Waals surface area contributed by atoms with Crippen LogP contribution in [0, 0.1) is 0 Å². The van der Waals surface area contributed by atoms with Gasteiger partial charge in [0.05, 0.1) is 12.2 Å². The van der Waals surface area contributed by atoms with Gasteiger partial charge in [-0.1, -0.05) is 36.6 Å². The molecule has 1 unspecified atom stereocenters. The quantitative estimate of drug-likeness (QED) is 0.691. The molecule has 4 aliphatic rings. The Morgan fingerprint density at radius 3 is 2.62 bits per heavy atom. The lowest BCUT2D eigenvalue weighted by Gasteiger charge is -2.31. The van der Waals surface area contributed by atoms with Gasteiger partial charge in [-0.3, -0.25) is 9.69 Å². The number of amides is 1. The van der Waals surface area contributed by atoms with Gasteiger partial charge in [-0.25, -0.2) is 0 Å². The number of aromatic nitrogens is 1. The van der Waals surface area contributed by atoms with Gasteiger partial charge in [0.2, 0.25) is 0 Å². The zero-order valence-electron chi connectivity index (χ0n) is 20.3. The van der Waals surface area contributed by atoms with Crippen molar-refractivity contribution in [3.8, 4) is 0 Å². The van der Waals surface area contributed by atoms with Crippen LogP contribution in [-0.2, 0) is 13.1 Å². The van der Waals surface area contributed by atoms with Crippen molar-refractivity contribution in [3.63, 3.8) is 0 Å². The first-order valence-corrected chi connectivity index (χ1v) is 13.6. The molecular weight excluding hydrogens is 424 g/mol. The minimum Gasteiger partial charge on any atom is -0.360 e. The smallest absolute Gasteiger partial charge is 0.254 e. The molecular formula is C28H38N4O2. The van der Waals surface area contributed by atoms with Gasteiger partial charge >= 0.3 is 0 Å². The molecule has 1 N–H and O–H groups in total. The highest BCUT2D eigenvalue weighted by Crippen LogP contribution is 2.35. The number of nitrogens with zero attached hydrogens (tertiary/aromatic N) is 3. The molecule has 4 heterocycles. The largest absolute Gasteiger partial charge is 0.360 e. The fraction of sp³-hybridized carbons (Fsp3) is 0.643. The van der Waals surface area contributed by atoms with Gasteiger partial charge < -0.3 is 14.7 Å². The summed E-state index contributed by atoms with van der Waals surface area (Å²) in [4.78, 5) is 17.6. The monoisotopic (exact) mass is 462 g/mol. The van der Waals surface area contributed by atoms with E-state index in [2.05, 4.69) is 44.5 Å². The number of benzene rings is 1. The zero-order valence-corrected chi connectivity index (χ0v) is 20.3. The van der Waals surface area contributed by atoms with E-state index in [1.807, 2.05) is 0 Å². The molecule has 0 bridgehead atoms. The van der Waals surface area contributed by atoms with Gasteiger partial charge in [-0.05, 0) is 81.3 Å². The van der Waals surface area contributed by atoms with E-state index in [9.17, 15) is 4.79 Å². The van der Waals surface area contributed by atoms with E-state index in [0.29, 0.717) is 17.9 Å². The summed E-state index contributed by atoms with van der Waals surface area (Å²) in [5, 5.41) is 7.86. The summed E-state index contributed by atoms with van der Waals surface area (Å²) in [5.74, 6) is 2.43. The number of nitrogens with one attached hydrogen (secondary N) is 1. The van der Waals surface area contributed by atoms with Crippen molar-refractivity contribution < 1.29 is 9.32 Å². The predicted octanol–water partition coefficient (Wildman–Crippen LogP) is 4.81. The SMILES string of the molecule is O=C1c2ccc(C3CCN(Cc4cc(C5CCCCC5)no4)CC3)cc2CN1C1CCCNC1. The van der Waals surface area contributed by atoms with Crippen LogP contribution in [0.2, 0.25) is 0 Å². The Labute approximate surface area is 203 Å². The maximum Gasteiger partial charge on any atom is 0.254 e. The van der Waals surface area contributed by atoms with E-state index in [0.717, 1.165) is 76.3 Å². The van der Waals surface area contributed by atoms with Crippen molar-refractivity contribution in [2.24, 2.45) is 0 Å². The van der Waals surface area contributed by atoms with E-state index in [-0.39, 0.29) is 5.91 Å². The first-order chi connectivity index (χ1) is 16.7. The summed E-state index contributed by atoms with van der Waals surface area (Å²) in [6, 6.07) is 9.20. The zero-order chi connectivity index (χ0) is 22.9. The summed E-state index contributed by atoms with van der Waals surface area (Å²) in [6.07, 6.45) is 11.1. The second-order valence-corrected chi connectivity index (χ2v) is 11.0. The molecule has 0 radical (unpaired) electrons. The van der Waals surface area contributed by atoms with Gasteiger partial charge in [-0.15, -0.1) is 0 Å². The van der Waals surface area contributed by atoms with Crippen molar-refractivity contribution in [2.45, 2.75) is 88.8 Å². The first kappa shape index (κ1) is 22.3. The molecule has 2 saturated heterocycles. The van der Waals surface area contributed by atoms with E-state index in [1.165, 1.54) is 48.9 Å². The average molecular weight is 463 g/mol. The number of carbonyl (C=O) groups excluding carboxylic acids is 1. The van der Waals surface area contributed by atoms with Gasteiger partial charge in [0.1, 0.15) is 0 Å². The summed E-state index contributed by atoms with van der Waals surface area (Å²) in [5.41, 5.74) is 4.74. The van der Waals surface area contributed by atoms with Crippen molar-refractivity contribution >= 4 is 5.91 Å². The molecule has 6 nitrogen and oxygen atoms in total. The third-order valence-corrected chi connectivity index (χ3v) is 8.71. The molecule has 34 heavy (non-hydrogen) atoms. The second-order valence-electron chi connectivity index (χ2n) is 11.0. The van der Waals surface area contributed by atoms with Gasteiger partial charge in [0, 0.05) is 36.7 Å². The number of fused-ring (bicyclic) bond motifs is 1. The Morgan fingerprint density at radius 2 is 1.82 bits per heavy atom. The molecule has 3 fully saturated rings. The number of hydrogen-bond acceptors (Lipinski definition) is 5. The van der Waals surface area contributed by atoms with Crippen LogP contribution < -0.4 is 5.32 Å². The van der Waals surface area contributed by atoms with Crippen LogP contribution in [-0.4, -0.2) is 53.1 Å². The maximum absolute atomic E-state index is 13.0. The number of carbonyl (C=O) groups is 1. The van der Waals surface area contributed by atoms with Crippen LogP contribution in [0.15, 0.2) is 28.8 Å². The van der Waals surface area contributed by atoms with E-state index in [4.69, 9.17) is 4.52 Å². The molecule has 6 rings (SSSR count). The second kappa shape index (κ2) is 9.82. The molecule has 182 valence electrons. The Morgan fingerprint density at radius 1 is 0.971 bits per heavy atom. The maximum atomic E-state index is 13.0. The number of rotatable bonds is 5. The molecule has 1 aliphatic carbocycles. The van der Waals surface area contributed by atoms with Crippen molar-refractivity contribution in [1.29, 1.82) is 0 Å². The molecule has 1 amide bonds. The van der Waals surface area contributed by atoms with Crippen molar-refractivity contribution in [1.82, 2.24) is 20.3 Å². The van der Waals surface area contributed by atoms with Gasteiger partial charge in [0.25, 0.3) is 5.91 Å². The number of piperidine rings is 2. The fourth-order valence-electron chi connectivity index (χ4n) is 6.65. The lowest BCUT2D eigenvalue weighted by atomic mass is 9.87. The minimum absolute atomic E-state index is 0.227. The van der Waals surface area contributed by atoms with Crippen molar-refractivity contribution in [3.05, 3.63) is 52.4 Å². The highest BCUT2D eigenvalue weighted by Gasteiger charge is 2.34. The summed E-state index contributed by atoms with van der Waals surface area (Å²) < 4.78 is 5.72. The van der Waals surface area contributed by atoms with Crippen LogP contribution >= 0.6 is 0 Å². The molecule has 1 atom stereocenters. The highest BCUT2D eigenvalue weighted by atomic mass is 16.5. The van der Waals surface area contributed by atoms with E-state index in [1.54, 1.807) is 0 Å². The first-order valence-electron chi connectivity index (χ1n) is 13.6. The third kappa shape index (κ3) is 4.55. The fourth-order valence-corrected chi connectivity index (χ4v) is 6.65. The topological polar surface area (TPSA) is 61.6 Å². The number of hydrogen-bond donors (Lipinski definition) is 1. The van der Waals surface area contributed by atoms with Crippen LogP contribution in [0.4, 0.5) is 0 Å². The van der Waals surface area contributed by atoms with Gasteiger partial charge in [0.15, 0.2) is 5.76 Å². The molecule has 3 aliphatic heterocycles. The van der Waals surface area contributed by atoms with Crippen LogP contribution in [0.1, 0.15) is 103 Å². The minimum atomic E-state index is 0.227. The van der Waals surface area contributed by atoms with E-state index >= 15 is 0 Å². The van der Waals surface area contributed by atoms with Gasteiger partial charge in [-0.2, -0.15) is 0 Å². The molecule has 0 spiro atoms. The third-order valence-electron chi connectivity index (χ3n) is 8.71. The molecule has 1 saturated carbocycles. The molecule has 6 heteroatoms. The Kier molecular flexibility index (Phi) is 6.44.